The summed E-state index contributed by atoms with van der Waals surface area (Å²) in [5, 5.41) is 7.63. The van der Waals surface area contributed by atoms with Gasteiger partial charge in [-0.2, -0.15) is 0 Å². The van der Waals surface area contributed by atoms with Crippen molar-refractivity contribution in [2.45, 2.75) is 83.7 Å². The third-order valence-corrected chi connectivity index (χ3v) is 5.98. The number of nitrogens with one attached hydrogen (secondary N) is 1. The van der Waals surface area contributed by atoms with Crippen molar-refractivity contribution >= 4 is 11.3 Å². The average Bonchev–Trinajstić information content (AvgIpc) is 2.99. The zero-order valence-corrected chi connectivity index (χ0v) is 15.0. The van der Waals surface area contributed by atoms with Crippen molar-refractivity contribution in [2.75, 3.05) is 0 Å². The van der Waals surface area contributed by atoms with Crippen LogP contribution in [0.2, 0.25) is 0 Å². The van der Waals surface area contributed by atoms with Crippen LogP contribution in [-0.2, 0) is 11.0 Å². The molecule has 2 atom stereocenters. The first-order valence-corrected chi connectivity index (χ1v) is 9.41. The Kier molecular flexibility index (Phi) is 3.94. The fourth-order valence-electron chi connectivity index (χ4n) is 3.94. The number of rotatable bonds is 3. The van der Waals surface area contributed by atoms with E-state index in [-0.39, 0.29) is 11.0 Å². The lowest BCUT2D eigenvalue weighted by Gasteiger charge is -2.42. The number of aromatic nitrogens is 1. The van der Waals surface area contributed by atoms with Gasteiger partial charge in [-0.1, -0.05) is 34.6 Å². The molecule has 3 rings (SSSR count). The molecule has 0 aromatic carbocycles. The predicted molar refractivity (Wildman–Crippen MR) is 90.8 cm³/mol. The molecule has 0 aliphatic heterocycles. The number of hydrogen-bond acceptors (Lipinski definition) is 3. The quantitative estimate of drug-likeness (QED) is 0.864. The van der Waals surface area contributed by atoms with Crippen molar-refractivity contribution in [3.63, 3.8) is 0 Å². The first kappa shape index (κ1) is 15.5. The van der Waals surface area contributed by atoms with Crippen LogP contribution in [0.1, 0.15) is 77.4 Å². The van der Waals surface area contributed by atoms with Gasteiger partial charge in [0.15, 0.2) is 0 Å². The second kappa shape index (κ2) is 5.34. The van der Waals surface area contributed by atoms with Crippen LogP contribution >= 0.6 is 11.3 Å². The Morgan fingerprint density at radius 2 is 1.81 bits per heavy atom. The molecule has 118 valence electrons. The molecule has 0 bridgehead atoms. The van der Waals surface area contributed by atoms with Crippen LogP contribution in [0.3, 0.4) is 0 Å². The molecule has 2 nitrogen and oxygen atoms in total. The van der Waals surface area contributed by atoms with Gasteiger partial charge in [0, 0.05) is 16.8 Å². The van der Waals surface area contributed by atoms with E-state index < -0.39 is 0 Å². The number of thiazole rings is 1. The highest BCUT2D eigenvalue weighted by atomic mass is 32.1. The molecule has 2 aliphatic carbocycles. The minimum atomic E-state index is 0.145. The summed E-state index contributed by atoms with van der Waals surface area (Å²) in [4.78, 5) is 5.08. The summed E-state index contributed by atoms with van der Waals surface area (Å²) in [5.74, 6) is 1.59. The highest BCUT2D eigenvalue weighted by Gasteiger charge is 2.44. The van der Waals surface area contributed by atoms with Crippen molar-refractivity contribution in [1.82, 2.24) is 10.3 Å². The van der Waals surface area contributed by atoms with E-state index >= 15 is 0 Å². The molecule has 21 heavy (non-hydrogen) atoms. The molecule has 2 saturated carbocycles. The molecule has 0 saturated heterocycles. The van der Waals surface area contributed by atoms with Gasteiger partial charge >= 0.3 is 0 Å². The average molecular weight is 307 g/mol. The first-order chi connectivity index (χ1) is 9.78. The smallest absolute Gasteiger partial charge is 0.113 e. The van der Waals surface area contributed by atoms with Gasteiger partial charge in [-0.25, -0.2) is 4.98 Å². The summed E-state index contributed by atoms with van der Waals surface area (Å²) in [6, 6.07) is 0.740. The largest absolute Gasteiger partial charge is 0.303 e. The Bertz CT molecular complexity index is 480. The summed E-state index contributed by atoms with van der Waals surface area (Å²) in [5.41, 5.74) is 1.55. The molecular weight excluding hydrogens is 276 g/mol. The standard InChI is InChI=1S/C18H30N2S/c1-12-8-13(2)10-18(9-12,20-14-6-7-14)16-19-15(11-21-16)17(3,4)5/h11-14,20H,6-10H2,1-5H3. The Labute approximate surface area is 133 Å². The van der Waals surface area contributed by atoms with Crippen LogP contribution in [0.25, 0.3) is 0 Å². The van der Waals surface area contributed by atoms with Crippen LogP contribution in [0.5, 0.6) is 0 Å². The van der Waals surface area contributed by atoms with Gasteiger partial charge in [0.2, 0.25) is 0 Å². The lowest BCUT2D eigenvalue weighted by atomic mass is 9.71. The molecule has 0 amide bonds. The maximum Gasteiger partial charge on any atom is 0.113 e. The van der Waals surface area contributed by atoms with E-state index in [1.165, 1.54) is 42.8 Å². The fourth-order valence-corrected chi connectivity index (χ4v) is 5.17. The minimum absolute atomic E-state index is 0.145. The highest BCUT2D eigenvalue weighted by Crippen LogP contribution is 2.46. The molecule has 0 spiro atoms. The van der Waals surface area contributed by atoms with Crippen LogP contribution in [0.15, 0.2) is 5.38 Å². The number of hydrogen-bond donors (Lipinski definition) is 1. The van der Waals surface area contributed by atoms with Gasteiger partial charge in [-0.05, 0) is 43.9 Å². The second-order valence-electron chi connectivity index (χ2n) is 8.64. The van der Waals surface area contributed by atoms with Gasteiger partial charge in [-0.15, -0.1) is 11.3 Å². The van der Waals surface area contributed by atoms with E-state index in [9.17, 15) is 0 Å². The van der Waals surface area contributed by atoms with Gasteiger partial charge in [-0.3, -0.25) is 0 Å². The van der Waals surface area contributed by atoms with E-state index in [0.29, 0.717) is 0 Å². The van der Waals surface area contributed by atoms with Crippen LogP contribution in [0.4, 0.5) is 0 Å². The minimum Gasteiger partial charge on any atom is -0.303 e. The van der Waals surface area contributed by atoms with Gasteiger partial charge in [0.25, 0.3) is 0 Å². The SMILES string of the molecule is CC1CC(C)CC(NC2CC2)(c2nc(C(C)(C)C)cs2)C1. The van der Waals surface area contributed by atoms with Gasteiger partial charge in [0.05, 0.1) is 11.2 Å². The maximum absolute atomic E-state index is 5.08. The molecule has 1 aromatic heterocycles. The molecule has 1 N–H and O–H groups in total. The maximum atomic E-state index is 5.08. The molecule has 2 fully saturated rings. The fraction of sp³-hybridized carbons (Fsp3) is 0.833. The summed E-state index contributed by atoms with van der Waals surface area (Å²) < 4.78 is 0. The first-order valence-electron chi connectivity index (χ1n) is 8.53. The monoisotopic (exact) mass is 306 g/mol. The zero-order chi connectivity index (χ0) is 15.3. The molecule has 2 aliphatic rings. The Balaban J connectivity index is 1.92. The molecular formula is C18H30N2S. The Hall–Kier alpha value is -0.410. The third-order valence-electron chi connectivity index (χ3n) is 4.94. The molecule has 1 heterocycles. The van der Waals surface area contributed by atoms with Crippen molar-refractivity contribution in [2.24, 2.45) is 11.8 Å². The van der Waals surface area contributed by atoms with Crippen molar-refractivity contribution in [3.05, 3.63) is 16.1 Å². The topological polar surface area (TPSA) is 24.9 Å². The Morgan fingerprint density at radius 1 is 1.19 bits per heavy atom. The van der Waals surface area contributed by atoms with Crippen molar-refractivity contribution in [3.8, 4) is 0 Å². The second-order valence-corrected chi connectivity index (χ2v) is 9.50. The Morgan fingerprint density at radius 3 is 2.29 bits per heavy atom. The van der Waals surface area contributed by atoms with Crippen LogP contribution < -0.4 is 5.32 Å². The summed E-state index contributed by atoms with van der Waals surface area (Å²) in [6.07, 6.45) is 6.57. The highest BCUT2D eigenvalue weighted by molar-refractivity contribution is 7.09. The van der Waals surface area contributed by atoms with Crippen molar-refractivity contribution < 1.29 is 0 Å². The summed E-state index contributed by atoms with van der Waals surface area (Å²) in [7, 11) is 0. The predicted octanol–water partition coefficient (Wildman–Crippen LogP) is 4.84. The molecule has 2 unspecified atom stereocenters. The van der Waals surface area contributed by atoms with E-state index in [4.69, 9.17) is 4.98 Å². The van der Waals surface area contributed by atoms with Crippen LogP contribution in [-0.4, -0.2) is 11.0 Å². The lowest BCUT2D eigenvalue weighted by Crippen LogP contribution is -2.48. The molecule has 3 heteroatoms. The van der Waals surface area contributed by atoms with E-state index in [1.54, 1.807) is 0 Å². The van der Waals surface area contributed by atoms with Crippen molar-refractivity contribution in [1.29, 1.82) is 0 Å². The normalized spacial score (nSPS) is 34.1. The summed E-state index contributed by atoms with van der Waals surface area (Å²) in [6.45, 7) is 11.6. The zero-order valence-electron chi connectivity index (χ0n) is 14.2. The van der Waals surface area contributed by atoms with Gasteiger partial charge in [0.1, 0.15) is 5.01 Å². The number of nitrogens with zero attached hydrogens (tertiary/aromatic N) is 1. The van der Waals surface area contributed by atoms with Gasteiger partial charge < -0.3 is 5.32 Å². The van der Waals surface area contributed by atoms with E-state index in [0.717, 1.165) is 17.9 Å². The van der Waals surface area contributed by atoms with E-state index in [1.807, 2.05) is 11.3 Å². The third kappa shape index (κ3) is 3.34. The lowest BCUT2D eigenvalue weighted by molar-refractivity contribution is 0.140. The van der Waals surface area contributed by atoms with Crippen LogP contribution in [0, 0.1) is 11.8 Å². The summed E-state index contributed by atoms with van der Waals surface area (Å²) >= 11 is 1.88. The molecule has 1 aromatic rings. The molecule has 0 radical (unpaired) electrons. The van der Waals surface area contributed by atoms with E-state index in [2.05, 4.69) is 45.3 Å².